The van der Waals surface area contributed by atoms with Gasteiger partial charge in [-0.3, -0.25) is 9.59 Å². The number of hydrogen-bond donors (Lipinski definition) is 1. The Morgan fingerprint density at radius 1 is 1.26 bits per heavy atom. The zero-order valence-electron chi connectivity index (χ0n) is 11.6. The van der Waals surface area contributed by atoms with E-state index in [0.717, 1.165) is 5.69 Å². The van der Waals surface area contributed by atoms with E-state index in [-0.39, 0.29) is 29.7 Å². The normalized spacial score (nSPS) is 19.6. The lowest BCUT2D eigenvalue weighted by molar-refractivity contribution is -0.127. The average Bonchev–Trinajstić information content (AvgIpc) is 2.70. The topological polar surface area (TPSA) is 49.4 Å². The molecule has 4 heteroatoms. The molecular weight excluding hydrogens is 240 g/mol. The third-order valence-corrected chi connectivity index (χ3v) is 3.06. The van der Waals surface area contributed by atoms with Gasteiger partial charge in [-0.05, 0) is 32.9 Å². The zero-order chi connectivity index (χ0) is 14.0. The van der Waals surface area contributed by atoms with E-state index in [9.17, 15) is 9.59 Å². The Bertz CT molecular complexity index is 477. The molecule has 4 nitrogen and oxygen atoms in total. The van der Waals surface area contributed by atoms with Crippen LogP contribution in [-0.4, -0.2) is 23.9 Å². The fourth-order valence-electron chi connectivity index (χ4n) is 2.21. The second kappa shape index (κ2) is 5.03. The number of nitrogens with one attached hydrogen (secondary N) is 1. The molecule has 1 fully saturated rings. The maximum absolute atomic E-state index is 12.1. The van der Waals surface area contributed by atoms with E-state index in [1.165, 1.54) is 0 Å². The predicted molar refractivity (Wildman–Crippen MR) is 74.8 cm³/mol. The van der Waals surface area contributed by atoms with Crippen LogP contribution in [0.3, 0.4) is 0 Å². The zero-order valence-corrected chi connectivity index (χ0v) is 11.6. The van der Waals surface area contributed by atoms with Gasteiger partial charge in [-0.2, -0.15) is 0 Å². The van der Waals surface area contributed by atoms with E-state index in [2.05, 4.69) is 5.32 Å². The van der Waals surface area contributed by atoms with Crippen LogP contribution in [-0.2, 0) is 9.59 Å². The summed E-state index contributed by atoms with van der Waals surface area (Å²) in [6.45, 7) is 6.29. The van der Waals surface area contributed by atoms with Crippen molar-refractivity contribution in [2.75, 3.05) is 11.4 Å². The Hall–Kier alpha value is -1.84. The number of benzene rings is 1. The molecule has 2 amide bonds. The van der Waals surface area contributed by atoms with Gasteiger partial charge in [-0.15, -0.1) is 0 Å². The molecule has 0 bridgehead atoms. The van der Waals surface area contributed by atoms with Crippen LogP contribution in [0.25, 0.3) is 0 Å². The van der Waals surface area contributed by atoms with E-state index in [0.29, 0.717) is 6.54 Å². The van der Waals surface area contributed by atoms with Crippen LogP contribution in [0.15, 0.2) is 30.3 Å². The van der Waals surface area contributed by atoms with Crippen molar-refractivity contribution in [2.45, 2.75) is 32.7 Å². The summed E-state index contributed by atoms with van der Waals surface area (Å²) >= 11 is 0. The van der Waals surface area contributed by atoms with Crippen molar-refractivity contribution in [3.63, 3.8) is 0 Å². The molecule has 1 N–H and O–H groups in total. The van der Waals surface area contributed by atoms with Gasteiger partial charge in [0.1, 0.15) is 0 Å². The van der Waals surface area contributed by atoms with E-state index in [1.807, 2.05) is 51.1 Å². The monoisotopic (exact) mass is 260 g/mol. The second-order valence-corrected chi connectivity index (χ2v) is 5.98. The lowest BCUT2D eigenvalue weighted by atomic mass is 10.0. The number of hydrogen-bond acceptors (Lipinski definition) is 2. The van der Waals surface area contributed by atoms with Crippen molar-refractivity contribution in [3.05, 3.63) is 30.3 Å². The molecule has 19 heavy (non-hydrogen) atoms. The number of carbonyl (C=O) groups is 2. The molecule has 1 aliphatic heterocycles. The molecule has 0 radical (unpaired) electrons. The number of carbonyl (C=O) groups excluding carboxylic acids is 2. The number of anilines is 1. The highest BCUT2D eigenvalue weighted by molar-refractivity contribution is 6.00. The molecule has 1 aromatic carbocycles. The highest BCUT2D eigenvalue weighted by atomic mass is 16.2. The van der Waals surface area contributed by atoms with E-state index in [1.54, 1.807) is 4.90 Å². The lowest BCUT2D eigenvalue weighted by Gasteiger charge is -2.23. The van der Waals surface area contributed by atoms with Crippen LogP contribution in [0.4, 0.5) is 5.69 Å². The fraction of sp³-hybridized carbons (Fsp3) is 0.467. The van der Waals surface area contributed by atoms with Crippen molar-refractivity contribution in [2.24, 2.45) is 5.92 Å². The van der Waals surface area contributed by atoms with Crippen LogP contribution >= 0.6 is 0 Å². The Balaban J connectivity index is 2.06. The minimum atomic E-state index is -0.264. The highest BCUT2D eigenvalue weighted by Gasteiger charge is 2.36. The smallest absolute Gasteiger partial charge is 0.227 e. The van der Waals surface area contributed by atoms with E-state index >= 15 is 0 Å². The molecule has 0 unspecified atom stereocenters. The Kier molecular flexibility index (Phi) is 3.60. The third kappa shape index (κ3) is 3.34. The molecule has 102 valence electrons. The van der Waals surface area contributed by atoms with Gasteiger partial charge in [0, 0.05) is 24.2 Å². The predicted octanol–water partition coefficient (Wildman–Crippen LogP) is 1.95. The molecule has 0 aliphatic carbocycles. The molecule has 0 spiro atoms. The molecule has 1 aromatic rings. The summed E-state index contributed by atoms with van der Waals surface area (Å²) in [6.07, 6.45) is 0.288. The van der Waals surface area contributed by atoms with Crippen molar-refractivity contribution in [1.82, 2.24) is 5.32 Å². The first-order chi connectivity index (χ1) is 8.87. The standard InChI is InChI=1S/C15H20N2O2/c1-15(2,3)16-14(19)11-9-13(18)17(10-11)12-7-5-4-6-8-12/h4-8,11H,9-10H2,1-3H3,(H,16,19)/t11-/m0/s1. The minimum absolute atomic E-state index is 0.0141. The number of para-hydroxylation sites is 1. The molecular formula is C15H20N2O2. The molecule has 1 atom stereocenters. The quantitative estimate of drug-likeness (QED) is 0.883. The van der Waals surface area contributed by atoms with Gasteiger partial charge in [-0.25, -0.2) is 0 Å². The first-order valence-corrected chi connectivity index (χ1v) is 6.54. The minimum Gasteiger partial charge on any atom is -0.351 e. The number of nitrogens with zero attached hydrogens (tertiary/aromatic N) is 1. The molecule has 1 saturated heterocycles. The summed E-state index contributed by atoms with van der Waals surface area (Å²) in [7, 11) is 0. The molecule has 0 aromatic heterocycles. The van der Waals surface area contributed by atoms with Crippen molar-refractivity contribution in [3.8, 4) is 0 Å². The second-order valence-electron chi connectivity index (χ2n) is 5.98. The summed E-state index contributed by atoms with van der Waals surface area (Å²) in [5, 5.41) is 2.94. The summed E-state index contributed by atoms with van der Waals surface area (Å²) < 4.78 is 0. The van der Waals surface area contributed by atoms with Gasteiger partial charge in [0.15, 0.2) is 0 Å². The Morgan fingerprint density at radius 2 is 1.89 bits per heavy atom. The first-order valence-electron chi connectivity index (χ1n) is 6.54. The Labute approximate surface area is 113 Å². The molecule has 1 heterocycles. The van der Waals surface area contributed by atoms with Gasteiger partial charge in [0.2, 0.25) is 11.8 Å². The Morgan fingerprint density at radius 3 is 2.47 bits per heavy atom. The summed E-state index contributed by atoms with van der Waals surface area (Å²) in [4.78, 5) is 25.8. The van der Waals surface area contributed by atoms with Gasteiger partial charge in [0.25, 0.3) is 0 Å². The third-order valence-electron chi connectivity index (χ3n) is 3.06. The van der Waals surface area contributed by atoms with E-state index in [4.69, 9.17) is 0 Å². The van der Waals surface area contributed by atoms with Crippen LogP contribution < -0.4 is 10.2 Å². The van der Waals surface area contributed by atoms with Gasteiger partial charge < -0.3 is 10.2 Å². The largest absolute Gasteiger partial charge is 0.351 e. The number of rotatable bonds is 2. The summed E-state index contributed by atoms with van der Waals surface area (Å²) in [5.74, 6) is -0.286. The van der Waals surface area contributed by atoms with Gasteiger partial charge in [-0.1, -0.05) is 18.2 Å². The SMILES string of the molecule is CC(C)(C)NC(=O)[C@H]1CC(=O)N(c2ccccc2)C1. The van der Waals surface area contributed by atoms with Crippen molar-refractivity contribution >= 4 is 17.5 Å². The number of amides is 2. The highest BCUT2D eigenvalue weighted by Crippen LogP contribution is 2.25. The van der Waals surface area contributed by atoms with Crippen molar-refractivity contribution < 1.29 is 9.59 Å². The first kappa shape index (κ1) is 13.6. The van der Waals surface area contributed by atoms with Gasteiger partial charge in [0.05, 0.1) is 5.92 Å². The van der Waals surface area contributed by atoms with Crippen molar-refractivity contribution in [1.29, 1.82) is 0 Å². The average molecular weight is 260 g/mol. The van der Waals surface area contributed by atoms with Crippen LogP contribution in [0, 0.1) is 5.92 Å². The van der Waals surface area contributed by atoms with Crippen LogP contribution in [0.5, 0.6) is 0 Å². The maximum Gasteiger partial charge on any atom is 0.227 e. The molecule has 1 aliphatic rings. The van der Waals surface area contributed by atoms with Crippen LogP contribution in [0.2, 0.25) is 0 Å². The summed E-state index contributed by atoms with van der Waals surface area (Å²) in [5.41, 5.74) is 0.596. The fourth-order valence-corrected chi connectivity index (χ4v) is 2.21. The van der Waals surface area contributed by atoms with Gasteiger partial charge >= 0.3 is 0 Å². The van der Waals surface area contributed by atoms with E-state index < -0.39 is 0 Å². The molecule has 2 rings (SSSR count). The summed E-state index contributed by atoms with van der Waals surface area (Å²) in [6, 6.07) is 9.48. The molecule has 0 saturated carbocycles. The lowest BCUT2D eigenvalue weighted by Crippen LogP contribution is -2.44. The maximum atomic E-state index is 12.1. The van der Waals surface area contributed by atoms with Crippen LogP contribution in [0.1, 0.15) is 27.2 Å².